The van der Waals surface area contributed by atoms with E-state index in [1.165, 1.54) is 7.11 Å². The van der Waals surface area contributed by atoms with Crippen molar-refractivity contribution in [3.05, 3.63) is 35.9 Å². The van der Waals surface area contributed by atoms with Gasteiger partial charge in [0.15, 0.2) is 6.10 Å². The fourth-order valence-electron chi connectivity index (χ4n) is 2.23. The van der Waals surface area contributed by atoms with Crippen LogP contribution in [0.4, 0.5) is 4.79 Å². The fourth-order valence-corrected chi connectivity index (χ4v) is 2.68. The lowest BCUT2D eigenvalue weighted by Crippen LogP contribution is -2.45. The van der Waals surface area contributed by atoms with E-state index in [-0.39, 0.29) is 25.7 Å². The summed E-state index contributed by atoms with van der Waals surface area (Å²) in [4.78, 5) is 40.9. The van der Waals surface area contributed by atoms with E-state index in [0.717, 1.165) is 5.56 Å². The average Bonchev–Trinajstić information content (AvgIpc) is 3.09. The SMILES string of the molecule is COC(=O)[C@H](CC(=O)NCC1CC(Br)=NO1)NC(=O)OCc1ccccc1. The second-order valence-corrected chi connectivity index (χ2v) is 6.60. The van der Waals surface area contributed by atoms with E-state index in [0.29, 0.717) is 11.0 Å². The number of oxime groups is 1. The Balaban J connectivity index is 1.78. The number of nitrogens with zero attached hydrogens (tertiary/aromatic N) is 1. The van der Waals surface area contributed by atoms with Crippen LogP contribution in [0.3, 0.4) is 0 Å². The molecule has 0 radical (unpaired) electrons. The van der Waals surface area contributed by atoms with Crippen LogP contribution in [0.15, 0.2) is 35.5 Å². The number of nitrogens with one attached hydrogen (secondary N) is 2. The Bertz CT molecular complexity index is 697. The van der Waals surface area contributed by atoms with Crippen molar-refractivity contribution in [3.63, 3.8) is 0 Å². The molecule has 0 saturated carbocycles. The summed E-state index contributed by atoms with van der Waals surface area (Å²) in [5, 5.41) is 8.69. The molecule has 1 aliphatic heterocycles. The molecule has 1 aromatic rings. The van der Waals surface area contributed by atoms with Gasteiger partial charge in [-0.05, 0) is 21.5 Å². The third kappa shape index (κ3) is 7.26. The normalized spacial score (nSPS) is 16.5. The summed E-state index contributed by atoms with van der Waals surface area (Å²) >= 11 is 3.20. The number of hydrogen-bond acceptors (Lipinski definition) is 7. The zero-order valence-electron chi connectivity index (χ0n) is 14.6. The number of ether oxygens (including phenoxy) is 2. The molecule has 0 bridgehead atoms. The van der Waals surface area contributed by atoms with Crippen LogP contribution in [0, 0.1) is 0 Å². The fraction of sp³-hybridized carbons (Fsp3) is 0.412. The number of hydrogen-bond donors (Lipinski definition) is 2. The Hall–Kier alpha value is -2.62. The van der Waals surface area contributed by atoms with Gasteiger partial charge in [-0.25, -0.2) is 9.59 Å². The van der Waals surface area contributed by atoms with Crippen LogP contribution < -0.4 is 10.6 Å². The number of rotatable bonds is 8. The Morgan fingerprint density at radius 2 is 2.07 bits per heavy atom. The van der Waals surface area contributed by atoms with Crippen LogP contribution >= 0.6 is 15.9 Å². The van der Waals surface area contributed by atoms with Crippen LogP contribution in [0.1, 0.15) is 18.4 Å². The molecule has 1 aliphatic rings. The molecule has 1 aromatic carbocycles. The first-order valence-corrected chi connectivity index (χ1v) is 8.97. The maximum absolute atomic E-state index is 12.1. The molecule has 27 heavy (non-hydrogen) atoms. The summed E-state index contributed by atoms with van der Waals surface area (Å²) in [7, 11) is 1.17. The highest BCUT2D eigenvalue weighted by Gasteiger charge is 2.26. The largest absolute Gasteiger partial charge is 0.467 e. The Morgan fingerprint density at radius 1 is 1.33 bits per heavy atom. The topological polar surface area (TPSA) is 115 Å². The average molecular weight is 442 g/mol. The summed E-state index contributed by atoms with van der Waals surface area (Å²) < 4.78 is 10.4. The second kappa shape index (κ2) is 10.5. The molecule has 2 atom stereocenters. The van der Waals surface area contributed by atoms with Gasteiger partial charge in [0.1, 0.15) is 17.3 Å². The van der Waals surface area contributed by atoms with Gasteiger partial charge in [0, 0.05) is 6.42 Å². The highest BCUT2D eigenvalue weighted by atomic mass is 79.9. The highest BCUT2D eigenvalue weighted by Crippen LogP contribution is 2.13. The molecule has 0 spiro atoms. The van der Waals surface area contributed by atoms with Gasteiger partial charge in [0.25, 0.3) is 0 Å². The minimum Gasteiger partial charge on any atom is -0.467 e. The summed E-state index contributed by atoms with van der Waals surface area (Å²) in [6, 6.07) is 7.91. The molecule has 1 unspecified atom stereocenters. The van der Waals surface area contributed by atoms with E-state index in [4.69, 9.17) is 9.57 Å². The number of halogens is 1. The van der Waals surface area contributed by atoms with Gasteiger partial charge in [0.2, 0.25) is 5.91 Å². The summed E-state index contributed by atoms with van der Waals surface area (Å²) in [6.45, 7) is 0.268. The minimum absolute atomic E-state index is 0.0423. The van der Waals surface area contributed by atoms with E-state index in [1.807, 2.05) is 18.2 Å². The smallest absolute Gasteiger partial charge is 0.408 e. The number of carbonyl (C=O) groups excluding carboxylic acids is 3. The van der Waals surface area contributed by atoms with Crippen LogP contribution in [-0.4, -0.2) is 48.4 Å². The van der Waals surface area contributed by atoms with Gasteiger partial charge in [-0.2, -0.15) is 0 Å². The molecular formula is C17H20BrN3O6. The molecule has 2 amide bonds. The van der Waals surface area contributed by atoms with Gasteiger partial charge in [0.05, 0.1) is 20.1 Å². The van der Waals surface area contributed by atoms with Gasteiger partial charge >= 0.3 is 12.1 Å². The Labute approximate surface area is 164 Å². The zero-order valence-corrected chi connectivity index (χ0v) is 16.2. The highest BCUT2D eigenvalue weighted by molar-refractivity contribution is 9.18. The van der Waals surface area contributed by atoms with Gasteiger partial charge in [-0.15, -0.1) is 0 Å². The first-order valence-electron chi connectivity index (χ1n) is 8.18. The number of benzene rings is 1. The first kappa shape index (κ1) is 20.7. The number of esters is 1. The first-order chi connectivity index (χ1) is 13.0. The summed E-state index contributed by atoms with van der Waals surface area (Å²) in [5.41, 5.74) is 0.796. The predicted octanol–water partition coefficient (Wildman–Crippen LogP) is 1.46. The van der Waals surface area contributed by atoms with E-state index in [2.05, 4.69) is 36.5 Å². The quantitative estimate of drug-likeness (QED) is 0.589. The number of amides is 2. The van der Waals surface area contributed by atoms with Gasteiger partial charge in [-0.1, -0.05) is 35.5 Å². The van der Waals surface area contributed by atoms with E-state index >= 15 is 0 Å². The molecule has 0 saturated heterocycles. The number of alkyl carbamates (subject to hydrolysis) is 1. The van der Waals surface area contributed by atoms with Crippen molar-refractivity contribution in [2.75, 3.05) is 13.7 Å². The van der Waals surface area contributed by atoms with Crippen molar-refractivity contribution in [1.29, 1.82) is 0 Å². The molecule has 9 nitrogen and oxygen atoms in total. The standard InChI is InChI=1S/C17H20BrN3O6/c1-25-16(23)13(8-15(22)19-9-12-7-14(18)21-27-12)20-17(24)26-10-11-5-3-2-4-6-11/h2-6,12-13H,7-10H2,1H3,(H,19,22)(H,20,24)/t12?,13-/m0/s1. The van der Waals surface area contributed by atoms with Crippen molar-refractivity contribution < 1.29 is 28.7 Å². The van der Waals surface area contributed by atoms with E-state index in [9.17, 15) is 14.4 Å². The maximum atomic E-state index is 12.1. The maximum Gasteiger partial charge on any atom is 0.408 e. The molecule has 2 N–H and O–H groups in total. The Kier molecular flexibility index (Phi) is 8.05. The zero-order chi connectivity index (χ0) is 19.6. The number of methoxy groups -OCH3 is 1. The second-order valence-electron chi connectivity index (χ2n) is 5.69. The summed E-state index contributed by atoms with van der Waals surface area (Å²) in [6.07, 6.45) is -0.839. The molecule has 1 heterocycles. The van der Waals surface area contributed by atoms with Crippen molar-refractivity contribution in [2.45, 2.75) is 31.6 Å². The predicted molar refractivity (Wildman–Crippen MR) is 99.0 cm³/mol. The van der Waals surface area contributed by atoms with E-state index in [1.54, 1.807) is 12.1 Å². The monoisotopic (exact) mass is 441 g/mol. The molecule has 2 rings (SSSR count). The molecule has 146 valence electrons. The molecular weight excluding hydrogens is 422 g/mol. The molecule has 0 fully saturated rings. The Morgan fingerprint density at radius 3 is 2.70 bits per heavy atom. The van der Waals surface area contributed by atoms with Crippen LogP contribution in [-0.2, 0) is 30.5 Å². The van der Waals surface area contributed by atoms with Gasteiger partial charge < -0.3 is 24.9 Å². The lowest BCUT2D eigenvalue weighted by Gasteiger charge is -2.17. The third-order valence-corrected chi connectivity index (χ3v) is 4.07. The van der Waals surface area contributed by atoms with Crippen molar-refractivity contribution in [1.82, 2.24) is 10.6 Å². The van der Waals surface area contributed by atoms with Crippen LogP contribution in [0.5, 0.6) is 0 Å². The summed E-state index contributed by atoms with van der Waals surface area (Å²) in [5.74, 6) is -1.19. The number of carbonyl (C=O) groups is 3. The van der Waals surface area contributed by atoms with Crippen LogP contribution in [0.2, 0.25) is 0 Å². The molecule has 0 aromatic heterocycles. The van der Waals surface area contributed by atoms with Crippen molar-refractivity contribution >= 4 is 38.5 Å². The lowest BCUT2D eigenvalue weighted by molar-refractivity contribution is -0.144. The molecule has 10 heteroatoms. The van der Waals surface area contributed by atoms with Crippen molar-refractivity contribution in [3.8, 4) is 0 Å². The minimum atomic E-state index is -1.16. The molecule has 0 aliphatic carbocycles. The van der Waals surface area contributed by atoms with E-state index < -0.39 is 24.0 Å². The van der Waals surface area contributed by atoms with Gasteiger partial charge in [-0.3, -0.25) is 4.79 Å². The van der Waals surface area contributed by atoms with Crippen molar-refractivity contribution in [2.24, 2.45) is 5.16 Å². The lowest BCUT2D eigenvalue weighted by atomic mass is 10.2. The van der Waals surface area contributed by atoms with Crippen LogP contribution in [0.25, 0.3) is 0 Å². The third-order valence-electron chi connectivity index (χ3n) is 3.60.